The first-order valence-corrected chi connectivity index (χ1v) is 7.81. The lowest BCUT2D eigenvalue weighted by Crippen LogP contribution is -2.26. The molecule has 0 radical (unpaired) electrons. The van der Waals surface area contributed by atoms with Gasteiger partial charge in [0.2, 0.25) is 5.88 Å². The Hall–Kier alpha value is -1.77. The van der Waals surface area contributed by atoms with E-state index in [1.807, 2.05) is 0 Å². The van der Waals surface area contributed by atoms with Gasteiger partial charge in [0.25, 0.3) is 0 Å². The van der Waals surface area contributed by atoms with Gasteiger partial charge in [0.05, 0.1) is 11.3 Å². The molecule has 1 aliphatic rings. The topological polar surface area (TPSA) is 52.0 Å². The number of rotatable bonds is 2. The van der Waals surface area contributed by atoms with Gasteiger partial charge in [-0.2, -0.15) is 0 Å². The Morgan fingerprint density at radius 3 is 2.57 bits per heavy atom. The maximum Gasteiger partial charge on any atom is 0.230 e. The van der Waals surface area contributed by atoms with Gasteiger partial charge in [-0.1, -0.05) is 61.7 Å². The molecule has 112 valence electrons. The first kappa shape index (κ1) is 14.2. The summed E-state index contributed by atoms with van der Waals surface area (Å²) in [5.74, 6) is 0.860. The van der Waals surface area contributed by atoms with Crippen LogP contribution in [0.4, 0.5) is 5.88 Å². The Labute approximate surface area is 126 Å². The number of anilines is 1. The van der Waals surface area contributed by atoms with Crippen molar-refractivity contribution in [2.24, 2.45) is 5.41 Å². The van der Waals surface area contributed by atoms with Crippen LogP contribution in [0.25, 0.3) is 11.1 Å². The van der Waals surface area contributed by atoms with Gasteiger partial charge in [-0.15, -0.1) is 0 Å². The summed E-state index contributed by atoms with van der Waals surface area (Å²) in [4.78, 5) is 0. The Bertz CT molecular complexity index is 625. The number of benzene rings is 1. The summed E-state index contributed by atoms with van der Waals surface area (Å²) in [5, 5.41) is 4.33. The van der Waals surface area contributed by atoms with E-state index in [0.717, 1.165) is 23.2 Å². The van der Waals surface area contributed by atoms with Crippen LogP contribution in [0.15, 0.2) is 28.8 Å². The van der Waals surface area contributed by atoms with Crippen molar-refractivity contribution >= 4 is 5.88 Å². The van der Waals surface area contributed by atoms with Crippen molar-refractivity contribution in [2.45, 2.75) is 52.4 Å². The van der Waals surface area contributed by atoms with Gasteiger partial charge in [0.1, 0.15) is 0 Å². The second-order valence-corrected chi connectivity index (χ2v) is 6.96. The molecule has 1 unspecified atom stereocenters. The molecule has 0 spiro atoms. The largest absolute Gasteiger partial charge is 0.367 e. The minimum atomic E-state index is 0.251. The van der Waals surface area contributed by atoms with Gasteiger partial charge in [0, 0.05) is 5.92 Å². The van der Waals surface area contributed by atoms with Crippen LogP contribution >= 0.6 is 0 Å². The lowest BCUT2D eigenvalue weighted by molar-refractivity contribution is 0.192. The molecular weight excluding hydrogens is 260 g/mol. The zero-order chi connectivity index (χ0) is 15.0. The first-order valence-electron chi connectivity index (χ1n) is 7.81. The third-order valence-corrected chi connectivity index (χ3v) is 4.92. The fourth-order valence-corrected chi connectivity index (χ4v) is 3.56. The van der Waals surface area contributed by atoms with Crippen molar-refractivity contribution in [3.63, 3.8) is 0 Å². The molecule has 3 heteroatoms. The summed E-state index contributed by atoms with van der Waals surface area (Å²) >= 11 is 0. The van der Waals surface area contributed by atoms with E-state index in [1.165, 1.54) is 24.8 Å². The highest BCUT2D eigenvalue weighted by molar-refractivity contribution is 5.75. The molecule has 1 atom stereocenters. The summed E-state index contributed by atoms with van der Waals surface area (Å²) in [6.07, 6.45) is 4.96. The molecule has 1 fully saturated rings. The number of aromatic nitrogens is 1. The van der Waals surface area contributed by atoms with E-state index in [1.54, 1.807) is 0 Å². The highest BCUT2D eigenvalue weighted by Gasteiger charge is 2.37. The second kappa shape index (κ2) is 5.21. The smallest absolute Gasteiger partial charge is 0.230 e. The molecule has 0 amide bonds. The monoisotopic (exact) mass is 284 g/mol. The van der Waals surface area contributed by atoms with E-state index in [-0.39, 0.29) is 5.41 Å². The second-order valence-electron chi connectivity index (χ2n) is 6.96. The summed E-state index contributed by atoms with van der Waals surface area (Å²) in [7, 11) is 0. The molecule has 2 aromatic rings. The van der Waals surface area contributed by atoms with Crippen molar-refractivity contribution in [1.29, 1.82) is 0 Å². The molecule has 0 aliphatic heterocycles. The predicted octanol–water partition coefficient (Wildman–Crippen LogP) is 4.92. The Morgan fingerprint density at radius 1 is 1.19 bits per heavy atom. The zero-order valence-electron chi connectivity index (χ0n) is 13.1. The number of hydrogen-bond donors (Lipinski definition) is 1. The van der Waals surface area contributed by atoms with Crippen LogP contribution in [0.5, 0.6) is 0 Å². The van der Waals surface area contributed by atoms with Crippen LogP contribution in [-0.2, 0) is 0 Å². The minimum absolute atomic E-state index is 0.251. The first-order chi connectivity index (χ1) is 9.99. The van der Waals surface area contributed by atoms with Crippen molar-refractivity contribution in [3.8, 4) is 11.1 Å². The highest BCUT2D eigenvalue weighted by atomic mass is 16.5. The van der Waals surface area contributed by atoms with E-state index in [2.05, 4.69) is 50.2 Å². The van der Waals surface area contributed by atoms with Crippen molar-refractivity contribution in [1.82, 2.24) is 5.16 Å². The average Bonchev–Trinajstić information content (AvgIpc) is 2.81. The molecule has 2 N–H and O–H groups in total. The Balaban J connectivity index is 2.06. The van der Waals surface area contributed by atoms with Gasteiger partial charge in [-0.3, -0.25) is 0 Å². The number of nitrogens with zero attached hydrogens (tertiary/aromatic N) is 1. The molecule has 3 rings (SSSR count). The van der Waals surface area contributed by atoms with Gasteiger partial charge >= 0.3 is 0 Å². The fraction of sp³-hybridized carbons (Fsp3) is 0.500. The number of nitrogens with two attached hydrogens (primary N) is 1. The molecule has 0 bridgehead atoms. The lowest BCUT2D eigenvalue weighted by Gasteiger charge is -2.37. The number of hydrogen-bond acceptors (Lipinski definition) is 3. The predicted molar refractivity (Wildman–Crippen MR) is 86.1 cm³/mol. The van der Waals surface area contributed by atoms with Crippen LogP contribution in [0.3, 0.4) is 0 Å². The molecule has 1 aromatic heterocycles. The molecule has 1 heterocycles. The third-order valence-electron chi connectivity index (χ3n) is 4.92. The number of nitrogen functional groups attached to an aromatic ring is 1. The van der Waals surface area contributed by atoms with E-state index < -0.39 is 0 Å². The fourth-order valence-electron chi connectivity index (χ4n) is 3.56. The molecular formula is C18H24N2O. The highest BCUT2D eigenvalue weighted by Crippen LogP contribution is 2.49. The van der Waals surface area contributed by atoms with Gasteiger partial charge < -0.3 is 10.3 Å². The molecule has 0 saturated heterocycles. The molecule has 3 nitrogen and oxygen atoms in total. The van der Waals surface area contributed by atoms with E-state index in [9.17, 15) is 0 Å². The van der Waals surface area contributed by atoms with Crippen molar-refractivity contribution in [2.75, 3.05) is 5.73 Å². The Kier molecular flexibility index (Phi) is 3.52. The third kappa shape index (κ3) is 2.57. The lowest BCUT2D eigenvalue weighted by atomic mass is 9.67. The van der Waals surface area contributed by atoms with Crippen LogP contribution in [0.1, 0.15) is 56.7 Å². The Morgan fingerprint density at radius 2 is 1.90 bits per heavy atom. The quantitative estimate of drug-likeness (QED) is 0.852. The maximum absolute atomic E-state index is 6.08. The van der Waals surface area contributed by atoms with Gasteiger partial charge in [0.15, 0.2) is 0 Å². The van der Waals surface area contributed by atoms with Crippen LogP contribution in [-0.4, -0.2) is 5.16 Å². The summed E-state index contributed by atoms with van der Waals surface area (Å²) < 4.78 is 5.35. The average molecular weight is 284 g/mol. The van der Waals surface area contributed by atoms with Crippen LogP contribution in [0.2, 0.25) is 0 Å². The van der Waals surface area contributed by atoms with Gasteiger partial charge in [-0.05, 0) is 30.7 Å². The van der Waals surface area contributed by atoms with E-state index in [0.29, 0.717) is 11.8 Å². The van der Waals surface area contributed by atoms with E-state index >= 15 is 0 Å². The maximum atomic E-state index is 6.08. The summed E-state index contributed by atoms with van der Waals surface area (Å²) in [6.45, 7) is 6.76. The minimum Gasteiger partial charge on any atom is -0.367 e. The van der Waals surface area contributed by atoms with Crippen molar-refractivity contribution < 1.29 is 4.52 Å². The number of aryl methyl sites for hydroxylation is 1. The molecule has 21 heavy (non-hydrogen) atoms. The van der Waals surface area contributed by atoms with Gasteiger partial charge in [-0.25, -0.2) is 0 Å². The van der Waals surface area contributed by atoms with Crippen LogP contribution < -0.4 is 5.73 Å². The standard InChI is InChI=1S/C18H24N2O/c1-12-7-9-13(10-8-12)15-16(20-21-17(15)19)14-6-4-5-11-18(14,2)3/h7-10,14H,4-6,11,19H2,1-3H3. The van der Waals surface area contributed by atoms with E-state index in [4.69, 9.17) is 10.3 Å². The van der Waals surface area contributed by atoms with Crippen molar-refractivity contribution in [3.05, 3.63) is 35.5 Å². The molecule has 1 aromatic carbocycles. The summed E-state index contributed by atoms with van der Waals surface area (Å²) in [5.41, 5.74) is 10.7. The van der Waals surface area contributed by atoms with Crippen LogP contribution in [0, 0.1) is 12.3 Å². The summed E-state index contributed by atoms with van der Waals surface area (Å²) in [6, 6.07) is 8.43. The molecule has 1 aliphatic carbocycles. The zero-order valence-corrected chi connectivity index (χ0v) is 13.1. The SMILES string of the molecule is Cc1ccc(-c2c(C3CCCCC3(C)C)noc2N)cc1. The normalized spacial score (nSPS) is 21.4. The molecule has 1 saturated carbocycles.